The van der Waals surface area contributed by atoms with Gasteiger partial charge in [0.25, 0.3) is 0 Å². The van der Waals surface area contributed by atoms with Crippen LogP contribution in [0.2, 0.25) is 0 Å². The summed E-state index contributed by atoms with van der Waals surface area (Å²) >= 11 is 0. The maximum atomic E-state index is 14.0. The first-order chi connectivity index (χ1) is 9.13. The number of halogens is 1. The van der Waals surface area contributed by atoms with Crippen molar-refractivity contribution in [2.45, 2.75) is 13.0 Å². The third-order valence-corrected chi connectivity index (χ3v) is 3.13. The fraction of sp³-hybridized carbons (Fsp3) is 0.462. The van der Waals surface area contributed by atoms with E-state index in [1.165, 1.54) is 6.07 Å². The average molecular weight is 267 g/mol. The molecule has 0 aromatic heterocycles. The van der Waals surface area contributed by atoms with E-state index in [1.54, 1.807) is 24.0 Å². The average Bonchev–Trinajstić information content (AvgIpc) is 2.39. The minimum absolute atomic E-state index is 0.305. The lowest BCUT2D eigenvalue weighted by Gasteiger charge is -2.35. The van der Waals surface area contributed by atoms with Crippen LogP contribution in [0.15, 0.2) is 18.2 Å². The van der Waals surface area contributed by atoms with Crippen LogP contribution < -0.4 is 11.1 Å². The van der Waals surface area contributed by atoms with E-state index in [0.717, 1.165) is 0 Å². The van der Waals surface area contributed by atoms with Gasteiger partial charge in [-0.1, -0.05) is 6.07 Å². The summed E-state index contributed by atoms with van der Waals surface area (Å²) in [5.74, 6) is -0.400. The molecule has 1 aromatic rings. The summed E-state index contributed by atoms with van der Waals surface area (Å²) < 4.78 is 19.0. The Bertz CT molecular complexity index is 467. The van der Waals surface area contributed by atoms with Gasteiger partial charge in [-0.3, -0.25) is 4.90 Å². The molecule has 0 aliphatic carbocycles. The third-order valence-electron chi connectivity index (χ3n) is 3.13. The number of nitrogens with zero attached hydrogens (tertiary/aromatic N) is 1. The van der Waals surface area contributed by atoms with Crippen LogP contribution in [-0.4, -0.2) is 37.2 Å². The van der Waals surface area contributed by atoms with Crippen LogP contribution in [-0.2, 0) is 4.74 Å². The van der Waals surface area contributed by atoms with Crippen LogP contribution in [0.25, 0.3) is 0 Å². The Morgan fingerprint density at radius 2 is 2.42 bits per heavy atom. The quantitative estimate of drug-likeness (QED) is 0.797. The first-order valence-electron chi connectivity index (χ1n) is 6.32. The molecule has 0 saturated carbocycles. The Balaban J connectivity index is 2.26. The van der Waals surface area contributed by atoms with Crippen LogP contribution >= 0.6 is 0 Å². The second-order valence-electron chi connectivity index (χ2n) is 4.39. The summed E-state index contributed by atoms with van der Waals surface area (Å²) in [5.41, 5.74) is 6.36. The van der Waals surface area contributed by atoms with Crippen molar-refractivity contribution in [1.29, 1.82) is 0 Å². The van der Waals surface area contributed by atoms with Gasteiger partial charge < -0.3 is 15.8 Å². The summed E-state index contributed by atoms with van der Waals surface area (Å²) in [6.07, 6.45) is -0.412. The molecule has 0 radical (unpaired) electrons. The molecule has 1 heterocycles. The van der Waals surface area contributed by atoms with Gasteiger partial charge in [-0.05, 0) is 19.1 Å². The maximum Gasteiger partial charge on any atom is 0.410 e. The van der Waals surface area contributed by atoms with Crippen LogP contribution in [0.5, 0.6) is 0 Å². The highest BCUT2D eigenvalue weighted by molar-refractivity contribution is 5.68. The number of carbonyl (C=O) groups excluding carboxylic acids is 1. The first kappa shape index (κ1) is 13.6. The van der Waals surface area contributed by atoms with Gasteiger partial charge in [-0.25, -0.2) is 9.18 Å². The summed E-state index contributed by atoms with van der Waals surface area (Å²) in [6.45, 7) is 3.72. The molecular formula is C13H18FN3O2. The number of carbonyl (C=O) groups is 1. The first-order valence-corrected chi connectivity index (χ1v) is 6.32. The highest BCUT2D eigenvalue weighted by Crippen LogP contribution is 2.26. The minimum atomic E-state index is -0.412. The standard InChI is InChI=1S/C13H18FN3O2/c1-2-19-13(18)17-6-5-16-8-12(17)10-4-3-9(15)7-11(10)14/h3-4,7,12,16H,2,5-6,8,15H2,1H3. The van der Waals surface area contributed by atoms with Gasteiger partial charge in [0.1, 0.15) is 5.82 Å². The second kappa shape index (κ2) is 5.88. The molecule has 1 aliphatic heterocycles. The van der Waals surface area contributed by atoms with Crippen molar-refractivity contribution < 1.29 is 13.9 Å². The number of ether oxygens (including phenoxy) is 1. The number of piperazine rings is 1. The topological polar surface area (TPSA) is 67.6 Å². The molecular weight excluding hydrogens is 249 g/mol. The van der Waals surface area contributed by atoms with Gasteiger partial charge in [0.15, 0.2) is 0 Å². The predicted octanol–water partition coefficient (Wildman–Crippen LogP) is 1.51. The highest BCUT2D eigenvalue weighted by Gasteiger charge is 2.30. The number of nitrogens with one attached hydrogen (secondary N) is 1. The molecule has 0 bridgehead atoms. The van der Waals surface area contributed by atoms with E-state index in [2.05, 4.69) is 5.32 Å². The number of hydrogen-bond donors (Lipinski definition) is 2. The third kappa shape index (κ3) is 2.96. The fourth-order valence-corrected chi connectivity index (χ4v) is 2.22. The van der Waals surface area contributed by atoms with Gasteiger partial charge in [-0.15, -0.1) is 0 Å². The Kier molecular flexibility index (Phi) is 4.21. The molecule has 1 aliphatic rings. The Morgan fingerprint density at radius 1 is 1.63 bits per heavy atom. The van der Waals surface area contributed by atoms with Crippen LogP contribution in [0.1, 0.15) is 18.5 Å². The number of benzene rings is 1. The largest absolute Gasteiger partial charge is 0.450 e. The highest BCUT2D eigenvalue weighted by atomic mass is 19.1. The van der Waals surface area contributed by atoms with E-state index in [1.807, 2.05) is 0 Å². The van der Waals surface area contributed by atoms with Crippen molar-refractivity contribution in [2.24, 2.45) is 0 Å². The van der Waals surface area contributed by atoms with Crippen LogP contribution in [0.3, 0.4) is 0 Å². The molecule has 1 unspecified atom stereocenters. The van der Waals surface area contributed by atoms with Crippen molar-refractivity contribution >= 4 is 11.8 Å². The summed E-state index contributed by atoms with van der Waals surface area (Å²) in [4.78, 5) is 13.4. The van der Waals surface area contributed by atoms with Gasteiger partial charge in [0, 0.05) is 30.9 Å². The number of nitrogen functional groups attached to an aromatic ring is 1. The molecule has 1 aromatic carbocycles. The number of anilines is 1. The van der Waals surface area contributed by atoms with Gasteiger partial charge in [0.2, 0.25) is 0 Å². The summed E-state index contributed by atoms with van der Waals surface area (Å²) in [5, 5.41) is 3.15. The molecule has 3 N–H and O–H groups in total. The molecule has 1 saturated heterocycles. The van der Waals surface area contributed by atoms with E-state index >= 15 is 0 Å². The van der Waals surface area contributed by atoms with E-state index in [-0.39, 0.29) is 6.04 Å². The van der Waals surface area contributed by atoms with Crippen molar-refractivity contribution in [3.63, 3.8) is 0 Å². The van der Waals surface area contributed by atoms with Gasteiger partial charge in [0.05, 0.1) is 12.6 Å². The zero-order chi connectivity index (χ0) is 13.8. The van der Waals surface area contributed by atoms with E-state index in [9.17, 15) is 9.18 Å². The zero-order valence-corrected chi connectivity index (χ0v) is 10.9. The Morgan fingerprint density at radius 3 is 3.11 bits per heavy atom. The molecule has 19 heavy (non-hydrogen) atoms. The van der Waals surface area contributed by atoms with E-state index in [4.69, 9.17) is 10.5 Å². The minimum Gasteiger partial charge on any atom is -0.450 e. The number of amides is 1. The van der Waals surface area contributed by atoms with Crippen molar-refractivity contribution in [3.05, 3.63) is 29.6 Å². The molecule has 104 valence electrons. The lowest BCUT2D eigenvalue weighted by atomic mass is 10.0. The number of hydrogen-bond acceptors (Lipinski definition) is 4. The molecule has 1 amide bonds. The molecule has 2 rings (SSSR count). The van der Waals surface area contributed by atoms with Crippen molar-refractivity contribution in [3.8, 4) is 0 Å². The number of nitrogens with two attached hydrogens (primary N) is 1. The SMILES string of the molecule is CCOC(=O)N1CCNCC1c1ccc(N)cc1F. The Labute approximate surface area is 111 Å². The molecule has 0 spiro atoms. The Hall–Kier alpha value is -1.82. The van der Waals surface area contributed by atoms with E-state index < -0.39 is 11.9 Å². The van der Waals surface area contributed by atoms with Gasteiger partial charge >= 0.3 is 6.09 Å². The van der Waals surface area contributed by atoms with E-state index in [0.29, 0.717) is 37.5 Å². The number of rotatable bonds is 2. The second-order valence-corrected chi connectivity index (χ2v) is 4.39. The lowest BCUT2D eigenvalue weighted by molar-refractivity contribution is 0.0803. The summed E-state index contributed by atoms with van der Waals surface area (Å²) in [7, 11) is 0. The molecule has 6 heteroatoms. The molecule has 5 nitrogen and oxygen atoms in total. The normalized spacial score (nSPS) is 19.3. The maximum absolute atomic E-state index is 14.0. The van der Waals surface area contributed by atoms with Crippen molar-refractivity contribution in [2.75, 3.05) is 32.0 Å². The zero-order valence-electron chi connectivity index (χ0n) is 10.9. The smallest absolute Gasteiger partial charge is 0.410 e. The monoisotopic (exact) mass is 267 g/mol. The molecule has 1 fully saturated rings. The van der Waals surface area contributed by atoms with Crippen molar-refractivity contribution in [1.82, 2.24) is 10.2 Å². The fourth-order valence-electron chi connectivity index (χ4n) is 2.22. The summed E-state index contributed by atoms with van der Waals surface area (Å²) in [6, 6.07) is 4.16. The molecule has 1 atom stereocenters. The lowest BCUT2D eigenvalue weighted by Crippen LogP contribution is -2.49. The van der Waals surface area contributed by atoms with Crippen LogP contribution in [0.4, 0.5) is 14.9 Å². The van der Waals surface area contributed by atoms with Crippen LogP contribution in [0, 0.1) is 5.82 Å². The van der Waals surface area contributed by atoms with Gasteiger partial charge in [-0.2, -0.15) is 0 Å². The predicted molar refractivity (Wildman–Crippen MR) is 70.2 cm³/mol.